The number of hydrogen-bond acceptors (Lipinski definition) is 3. The first kappa shape index (κ1) is 21.2. The second-order valence-electron chi connectivity index (χ2n) is 5.98. The number of carbonyl (C=O) groups is 1. The molecule has 2 atom stereocenters. The maximum atomic E-state index is 12.7. The van der Waals surface area contributed by atoms with Crippen molar-refractivity contribution in [1.29, 1.82) is 0 Å². The lowest BCUT2D eigenvalue weighted by Crippen LogP contribution is -2.40. The third kappa shape index (κ3) is 4.39. The molecular formula is C17H22BrCl2N3O. The lowest BCUT2D eigenvalue weighted by atomic mass is 10.0. The Morgan fingerprint density at radius 1 is 1.33 bits per heavy atom. The number of nitrogens with zero attached hydrogens (tertiary/aromatic N) is 1. The first-order valence-electron chi connectivity index (χ1n) is 7.66. The highest BCUT2D eigenvalue weighted by molar-refractivity contribution is 9.10. The van der Waals surface area contributed by atoms with Crippen LogP contribution >= 0.6 is 40.7 Å². The largest absolute Gasteiger partial charge is 0.349 e. The van der Waals surface area contributed by atoms with E-state index >= 15 is 0 Å². The van der Waals surface area contributed by atoms with Gasteiger partial charge in [0.2, 0.25) is 0 Å². The first-order chi connectivity index (χ1) is 10.6. The molecule has 1 saturated carbocycles. The van der Waals surface area contributed by atoms with Crippen LogP contribution in [-0.2, 0) is 0 Å². The number of benzene rings is 1. The molecule has 7 heteroatoms. The number of rotatable bonds is 3. The van der Waals surface area contributed by atoms with Gasteiger partial charge in [-0.15, -0.1) is 24.8 Å². The summed E-state index contributed by atoms with van der Waals surface area (Å²) in [7, 11) is 0. The van der Waals surface area contributed by atoms with Gasteiger partial charge < -0.3 is 11.1 Å². The standard InChI is InChI=1S/C17H20BrN3O.2ClH/c1-10-7-14(13-6-5-12(18)8-16(13)20-10)17(22)21-15-4-2-3-11(15)9-19;;/h5-8,11,15H,2-4,9,19H2,1H3,(H,21,22);2*1H. The molecule has 2 aromatic rings. The van der Waals surface area contributed by atoms with Crippen molar-refractivity contribution in [3.8, 4) is 0 Å². The molecule has 3 N–H and O–H groups in total. The zero-order valence-corrected chi connectivity index (χ0v) is 16.6. The molecule has 24 heavy (non-hydrogen) atoms. The normalized spacial score (nSPS) is 19.5. The second kappa shape index (κ2) is 8.99. The van der Waals surface area contributed by atoms with Crippen molar-refractivity contribution in [2.75, 3.05) is 6.54 Å². The average Bonchev–Trinajstić information content (AvgIpc) is 2.93. The van der Waals surface area contributed by atoms with Crippen molar-refractivity contribution in [2.24, 2.45) is 11.7 Å². The highest BCUT2D eigenvalue weighted by atomic mass is 79.9. The van der Waals surface area contributed by atoms with Gasteiger partial charge in [0.25, 0.3) is 5.91 Å². The number of nitrogens with two attached hydrogens (primary N) is 1. The van der Waals surface area contributed by atoms with Crippen molar-refractivity contribution in [3.05, 3.63) is 40.0 Å². The Morgan fingerprint density at radius 2 is 2.08 bits per heavy atom. The molecule has 0 bridgehead atoms. The fourth-order valence-electron chi connectivity index (χ4n) is 3.28. The van der Waals surface area contributed by atoms with Gasteiger partial charge in [-0.05, 0) is 50.4 Å². The number of aryl methyl sites for hydroxylation is 1. The number of fused-ring (bicyclic) bond motifs is 1. The zero-order valence-electron chi connectivity index (χ0n) is 13.4. The number of hydrogen-bond donors (Lipinski definition) is 2. The molecule has 1 amide bonds. The predicted molar refractivity (Wildman–Crippen MR) is 106 cm³/mol. The Kier molecular flexibility index (Phi) is 7.93. The van der Waals surface area contributed by atoms with Crippen LogP contribution in [0.1, 0.15) is 35.3 Å². The molecule has 0 saturated heterocycles. The van der Waals surface area contributed by atoms with E-state index in [0.29, 0.717) is 18.0 Å². The highest BCUT2D eigenvalue weighted by Gasteiger charge is 2.28. The number of pyridine rings is 1. The SMILES string of the molecule is Cc1cc(C(=O)NC2CCCC2CN)c2ccc(Br)cc2n1.Cl.Cl. The van der Waals surface area contributed by atoms with E-state index in [2.05, 4.69) is 26.2 Å². The molecule has 4 nitrogen and oxygen atoms in total. The molecule has 3 rings (SSSR count). The maximum Gasteiger partial charge on any atom is 0.252 e. The van der Waals surface area contributed by atoms with Gasteiger partial charge in [0.15, 0.2) is 0 Å². The third-order valence-electron chi connectivity index (χ3n) is 4.42. The molecule has 2 unspecified atom stereocenters. The fourth-order valence-corrected chi connectivity index (χ4v) is 3.63. The van der Waals surface area contributed by atoms with E-state index in [4.69, 9.17) is 5.73 Å². The molecule has 0 radical (unpaired) electrons. The molecule has 1 heterocycles. The Bertz CT molecular complexity index is 721. The number of halogens is 3. The first-order valence-corrected chi connectivity index (χ1v) is 8.45. The van der Waals surface area contributed by atoms with E-state index in [1.165, 1.54) is 0 Å². The van der Waals surface area contributed by atoms with E-state index in [1.54, 1.807) is 0 Å². The van der Waals surface area contributed by atoms with Crippen molar-refractivity contribution >= 4 is 57.6 Å². The van der Waals surface area contributed by atoms with Gasteiger partial charge in [-0.3, -0.25) is 9.78 Å². The second-order valence-corrected chi connectivity index (χ2v) is 6.89. The van der Waals surface area contributed by atoms with E-state index in [1.807, 2.05) is 31.2 Å². The topological polar surface area (TPSA) is 68.0 Å². The predicted octanol–water partition coefficient (Wildman–Crippen LogP) is 4.01. The monoisotopic (exact) mass is 433 g/mol. The molecule has 1 aromatic carbocycles. The van der Waals surface area contributed by atoms with E-state index in [9.17, 15) is 4.79 Å². The number of amides is 1. The lowest BCUT2D eigenvalue weighted by molar-refractivity contribution is 0.0930. The van der Waals surface area contributed by atoms with E-state index in [0.717, 1.165) is 40.3 Å². The molecule has 1 aliphatic rings. The van der Waals surface area contributed by atoms with Gasteiger partial charge in [0.05, 0.1) is 11.1 Å². The summed E-state index contributed by atoms with van der Waals surface area (Å²) in [6, 6.07) is 7.87. The van der Waals surface area contributed by atoms with Crippen LogP contribution in [0.25, 0.3) is 10.9 Å². The molecule has 0 aliphatic heterocycles. The highest BCUT2D eigenvalue weighted by Crippen LogP contribution is 2.26. The van der Waals surface area contributed by atoms with Gasteiger partial charge in [-0.1, -0.05) is 28.4 Å². The summed E-state index contributed by atoms with van der Waals surface area (Å²) in [5.41, 5.74) is 8.18. The lowest BCUT2D eigenvalue weighted by Gasteiger charge is -2.20. The number of carbonyl (C=O) groups excluding carboxylic acids is 1. The summed E-state index contributed by atoms with van der Waals surface area (Å²) in [5.74, 6) is 0.371. The fraction of sp³-hybridized carbons (Fsp3) is 0.412. The molecule has 0 spiro atoms. The summed E-state index contributed by atoms with van der Waals surface area (Å²) < 4.78 is 0.962. The average molecular weight is 435 g/mol. The van der Waals surface area contributed by atoms with E-state index < -0.39 is 0 Å². The van der Waals surface area contributed by atoms with Crippen LogP contribution in [0.2, 0.25) is 0 Å². The quantitative estimate of drug-likeness (QED) is 0.766. The minimum atomic E-state index is -0.0248. The van der Waals surface area contributed by atoms with Gasteiger partial charge in [0, 0.05) is 21.6 Å². The molecule has 1 aliphatic carbocycles. The third-order valence-corrected chi connectivity index (χ3v) is 4.92. The molecule has 132 valence electrons. The van der Waals surface area contributed by atoms with E-state index in [-0.39, 0.29) is 36.8 Å². The molecule has 1 fully saturated rings. The van der Waals surface area contributed by atoms with Crippen LogP contribution < -0.4 is 11.1 Å². The van der Waals surface area contributed by atoms with Crippen LogP contribution in [0.3, 0.4) is 0 Å². The van der Waals surface area contributed by atoms with Crippen LogP contribution in [0, 0.1) is 12.8 Å². The van der Waals surface area contributed by atoms with Crippen LogP contribution in [0.5, 0.6) is 0 Å². The number of aromatic nitrogens is 1. The Hall–Kier alpha value is -0.880. The minimum Gasteiger partial charge on any atom is -0.349 e. The maximum absolute atomic E-state index is 12.7. The summed E-state index contributed by atoms with van der Waals surface area (Å²) in [6.07, 6.45) is 3.25. The smallest absolute Gasteiger partial charge is 0.252 e. The number of nitrogens with one attached hydrogen (secondary N) is 1. The van der Waals surface area contributed by atoms with Gasteiger partial charge >= 0.3 is 0 Å². The Morgan fingerprint density at radius 3 is 2.79 bits per heavy atom. The summed E-state index contributed by atoms with van der Waals surface area (Å²) in [6.45, 7) is 2.55. The zero-order chi connectivity index (χ0) is 15.7. The molecule has 1 aromatic heterocycles. The van der Waals surface area contributed by atoms with Crippen LogP contribution in [0.4, 0.5) is 0 Å². The Balaban J connectivity index is 0.00000144. The van der Waals surface area contributed by atoms with Gasteiger partial charge in [-0.2, -0.15) is 0 Å². The van der Waals surface area contributed by atoms with Crippen LogP contribution in [0.15, 0.2) is 28.7 Å². The Labute approximate surface area is 162 Å². The van der Waals surface area contributed by atoms with Gasteiger partial charge in [-0.25, -0.2) is 0 Å². The minimum absolute atomic E-state index is 0. The van der Waals surface area contributed by atoms with Crippen LogP contribution in [-0.4, -0.2) is 23.5 Å². The molecular weight excluding hydrogens is 413 g/mol. The van der Waals surface area contributed by atoms with Crippen molar-refractivity contribution < 1.29 is 4.79 Å². The summed E-state index contributed by atoms with van der Waals surface area (Å²) in [5, 5.41) is 4.05. The summed E-state index contributed by atoms with van der Waals surface area (Å²) in [4.78, 5) is 17.2. The van der Waals surface area contributed by atoms with Gasteiger partial charge in [0.1, 0.15) is 0 Å². The van der Waals surface area contributed by atoms with Crippen molar-refractivity contribution in [2.45, 2.75) is 32.2 Å². The summed E-state index contributed by atoms with van der Waals surface area (Å²) >= 11 is 3.45. The van der Waals surface area contributed by atoms with Crippen molar-refractivity contribution in [3.63, 3.8) is 0 Å². The van der Waals surface area contributed by atoms with Crippen molar-refractivity contribution in [1.82, 2.24) is 10.3 Å².